The second-order valence-corrected chi connectivity index (χ2v) is 7.63. The molecule has 0 amide bonds. The summed E-state index contributed by atoms with van der Waals surface area (Å²) >= 11 is 0. The second kappa shape index (κ2) is 8.07. The van der Waals surface area contributed by atoms with Gasteiger partial charge in [-0.15, -0.1) is 0 Å². The molecule has 30 heavy (non-hydrogen) atoms. The highest BCUT2D eigenvalue weighted by Crippen LogP contribution is 2.44. The Morgan fingerprint density at radius 3 is 2.50 bits per heavy atom. The average Bonchev–Trinajstić information content (AvgIpc) is 2.78. The first-order valence-electron chi connectivity index (χ1n) is 10.0. The number of carbonyl (C=O) groups is 1. The minimum atomic E-state index is -0.396. The van der Waals surface area contributed by atoms with Crippen LogP contribution >= 0.6 is 0 Å². The predicted octanol–water partition coefficient (Wildman–Crippen LogP) is 4.90. The van der Waals surface area contributed by atoms with E-state index in [-0.39, 0.29) is 5.97 Å². The van der Waals surface area contributed by atoms with Gasteiger partial charge in [-0.2, -0.15) is 0 Å². The molecule has 4 nitrogen and oxygen atoms in total. The van der Waals surface area contributed by atoms with E-state index in [4.69, 9.17) is 0 Å². The number of hydrogen-bond acceptors (Lipinski definition) is 4. The molecule has 1 heterocycles. The Morgan fingerprint density at radius 2 is 1.80 bits per heavy atom. The van der Waals surface area contributed by atoms with E-state index in [2.05, 4.69) is 53.0 Å². The molecule has 1 aliphatic rings. The van der Waals surface area contributed by atoms with Crippen LogP contribution in [-0.4, -0.2) is 24.7 Å². The SMILES string of the molecule is COC(=O)/C=C/c1ccc(C2(C)c3ccc(O)cc3CCN2c2ccccc2)cc1. The molecular formula is C26H25NO3. The number of ether oxygens (including phenoxy) is 1. The fraction of sp³-hybridized carbons (Fsp3) is 0.192. The molecule has 0 aliphatic carbocycles. The van der Waals surface area contributed by atoms with Crippen molar-refractivity contribution in [3.05, 3.63) is 101 Å². The summed E-state index contributed by atoms with van der Waals surface area (Å²) in [5.74, 6) is -0.0742. The van der Waals surface area contributed by atoms with Crippen molar-refractivity contribution in [2.75, 3.05) is 18.6 Å². The van der Waals surface area contributed by atoms with E-state index in [9.17, 15) is 9.90 Å². The molecule has 4 rings (SSSR count). The maximum atomic E-state index is 11.4. The number of benzene rings is 3. The molecule has 0 fully saturated rings. The van der Waals surface area contributed by atoms with Gasteiger partial charge in [0.25, 0.3) is 0 Å². The first kappa shape index (κ1) is 19.8. The van der Waals surface area contributed by atoms with Gasteiger partial charge in [0.2, 0.25) is 0 Å². The van der Waals surface area contributed by atoms with Crippen molar-refractivity contribution in [2.45, 2.75) is 18.9 Å². The number of esters is 1. The number of aromatic hydroxyl groups is 1. The molecule has 0 saturated heterocycles. The van der Waals surface area contributed by atoms with E-state index in [0.717, 1.165) is 29.8 Å². The van der Waals surface area contributed by atoms with Crippen LogP contribution in [0.4, 0.5) is 5.69 Å². The summed E-state index contributed by atoms with van der Waals surface area (Å²) in [6, 6.07) is 24.3. The molecule has 4 heteroatoms. The van der Waals surface area contributed by atoms with Crippen LogP contribution in [0.15, 0.2) is 78.9 Å². The molecule has 3 aromatic carbocycles. The summed E-state index contributed by atoms with van der Waals surface area (Å²) in [7, 11) is 1.37. The maximum Gasteiger partial charge on any atom is 0.330 e. The van der Waals surface area contributed by atoms with Gasteiger partial charge < -0.3 is 14.7 Å². The summed E-state index contributed by atoms with van der Waals surface area (Å²) in [6.07, 6.45) is 4.04. The van der Waals surface area contributed by atoms with Gasteiger partial charge in [-0.25, -0.2) is 4.79 Å². The third kappa shape index (κ3) is 3.57. The molecular weight excluding hydrogens is 374 g/mol. The van der Waals surface area contributed by atoms with Gasteiger partial charge in [-0.05, 0) is 65.9 Å². The fourth-order valence-corrected chi connectivity index (χ4v) is 4.32. The second-order valence-electron chi connectivity index (χ2n) is 7.63. The number of anilines is 1. The van der Waals surface area contributed by atoms with Gasteiger partial charge in [0, 0.05) is 18.3 Å². The first-order chi connectivity index (χ1) is 14.5. The van der Waals surface area contributed by atoms with Crippen molar-refractivity contribution < 1.29 is 14.6 Å². The van der Waals surface area contributed by atoms with Crippen LogP contribution in [0.5, 0.6) is 5.75 Å². The molecule has 3 aromatic rings. The normalized spacial score (nSPS) is 18.3. The molecule has 0 bridgehead atoms. The Kier molecular flexibility index (Phi) is 5.32. The minimum absolute atomic E-state index is 0.299. The number of rotatable bonds is 4. The van der Waals surface area contributed by atoms with Crippen molar-refractivity contribution in [3.63, 3.8) is 0 Å². The largest absolute Gasteiger partial charge is 0.508 e. The van der Waals surface area contributed by atoms with Gasteiger partial charge >= 0.3 is 5.97 Å². The molecule has 0 saturated carbocycles. The van der Waals surface area contributed by atoms with Gasteiger partial charge in [-0.3, -0.25) is 0 Å². The lowest BCUT2D eigenvalue weighted by molar-refractivity contribution is -0.134. The highest BCUT2D eigenvalue weighted by Gasteiger charge is 2.40. The lowest BCUT2D eigenvalue weighted by atomic mass is 9.76. The van der Waals surface area contributed by atoms with Crippen LogP contribution < -0.4 is 4.90 Å². The summed E-state index contributed by atoms with van der Waals surface area (Å²) in [4.78, 5) is 13.8. The maximum absolute atomic E-state index is 11.4. The number of methoxy groups -OCH3 is 1. The molecule has 0 aromatic heterocycles. The zero-order chi connectivity index (χ0) is 21.1. The minimum Gasteiger partial charge on any atom is -0.508 e. The topological polar surface area (TPSA) is 49.8 Å². The zero-order valence-electron chi connectivity index (χ0n) is 17.2. The van der Waals surface area contributed by atoms with E-state index < -0.39 is 5.54 Å². The number of fused-ring (bicyclic) bond motifs is 1. The van der Waals surface area contributed by atoms with Gasteiger partial charge in [0.15, 0.2) is 0 Å². The van der Waals surface area contributed by atoms with Crippen molar-refractivity contribution >= 4 is 17.7 Å². The Morgan fingerprint density at radius 1 is 1.07 bits per heavy atom. The van der Waals surface area contributed by atoms with Crippen LogP contribution in [0, 0.1) is 0 Å². The van der Waals surface area contributed by atoms with Crippen LogP contribution in [0.25, 0.3) is 6.08 Å². The van der Waals surface area contributed by atoms with Gasteiger partial charge in [-0.1, -0.05) is 48.5 Å². The summed E-state index contributed by atoms with van der Waals surface area (Å²) < 4.78 is 4.67. The van der Waals surface area contributed by atoms with Crippen molar-refractivity contribution in [2.24, 2.45) is 0 Å². The average molecular weight is 399 g/mol. The lowest BCUT2D eigenvalue weighted by Crippen LogP contribution is -2.49. The molecule has 1 N–H and O–H groups in total. The summed E-state index contributed by atoms with van der Waals surface area (Å²) in [6.45, 7) is 3.08. The van der Waals surface area contributed by atoms with E-state index >= 15 is 0 Å². The van der Waals surface area contributed by atoms with Crippen molar-refractivity contribution in [3.8, 4) is 5.75 Å². The number of para-hydroxylation sites is 1. The molecule has 0 radical (unpaired) electrons. The molecule has 1 atom stereocenters. The molecule has 1 aliphatic heterocycles. The number of phenols is 1. The third-order valence-corrected chi connectivity index (χ3v) is 5.91. The van der Waals surface area contributed by atoms with Gasteiger partial charge in [0.1, 0.15) is 5.75 Å². The Balaban J connectivity index is 1.80. The summed E-state index contributed by atoms with van der Waals surface area (Å²) in [5.41, 5.74) is 5.20. The van der Waals surface area contributed by atoms with Gasteiger partial charge in [0.05, 0.1) is 12.6 Å². The Labute approximate surface area is 177 Å². The number of carbonyl (C=O) groups excluding carboxylic acids is 1. The highest BCUT2D eigenvalue weighted by atomic mass is 16.5. The molecule has 0 spiro atoms. The smallest absolute Gasteiger partial charge is 0.330 e. The zero-order valence-corrected chi connectivity index (χ0v) is 17.2. The Hall–Kier alpha value is -3.53. The first-order valence-corrected chi connectivity index (χ1v) is 10.0. The van der Waals surface area contributed by atoms with Crippen molar-refractivity contribution in [1.82, 2.24) is 0 Å². The highest BCUT2D eigenvalue weighted by molar-refractivity contribution is 5.86. The Bertz CT molecular complexity index is 1070. The number of phenolic OH excluding ortho intramolecular Hbond substituents is 1. The standard InChI is InChI=1S/C26H25NO3/c1-26(21-11-8-19(9-12-21)10-15-25(29)30-2)24-14-13-23(28)18-20(24)16-17-27(26)22-6-4-3-5-7-22/h3-15,18,28H,16-17H2,1-2H3/b15-10+. The summed E-state index contributed by atoms with van der Waals surface area (Å²) in [5, 5.41) is 10.0. The fourth-order valence-electron chi connectivity index (χ4n) is 4.32. The monoisotopic (exact) mass is 399 g/mol. The van der Waals surface area contributed by atoms with Crippen LogP contribution in [0.1, 0.15) is 29.2 Å². The molecule has 152 valence electrons. The number of hydrogen-bond donors (Lipinski definition) is 1. The van der Waals surface area contributed by atoms with E-state index in [0.29, 0.717) is 5.75 Å². The van der Waals surface area contributed by atoms with Crippen LogP contribution in [0.2, 0.25) is 0 Å². The van der Waals surface area contributed by atoms with Crippen molar-refractivity contribution in [1.29, 1.82) is 0 Å². The third-order valence-electron chi connectivity index (χ3n) is 5.91. The van der Waals surface area contributed by atoms with E-state index in [1.807, 2.05) is 30.3 Å². The van der Waals surface area contributed by atoms with Crippen LogP contribution in [-0.2, 0) is 21.5 Å². The van der Waals surface area contributed by atoms with Crippen LogP contribution in [0.3, 0.4) is 0 Å². The molecule has 1 unspecified atom stereocenters. The van der Waals surface area contributed by atoms with E-state index in [1.165, 1.54) is 24.3 Å². The lowest BCUT2D eigenvalue weighted by Gasteiger charge is -2.48. The van der Waals surface area contributed by atoms with E-state index in [1.54, 1.807) is 12.1 Å². The number of nitrogens with zero attached hydrogens (tertiary/aromatic N) is 1. The predicted molar refractivity (Wildman–Crippen MR) is 120 cm³/mol. The quantitative estimate of drug-likeness (QED) is 0.501.